The number of para-hydroxylation sites is 1. The van der Waals surface area contributed by atoms with Crippen LogP contribution in [0.4, 0.5) is 11.6 Å². The number of aromatic nitrogens is 4. The minimum Gasteiger partial charge on any atom is -0.380 e. The van der Waals surface area contributed by atoms with Crippen molar-refractivity contribution >= 4 is 34.1 Å². The predicted octanol–water partition coefficient (Wildman–Crippen LogP) is 2.86. The minimum absolute atomic E-state index is 0.249. The number of anilines is 2. The summed E-state index contributed by atoms with van der Waals surface area (Å²) in [4.78, 5) is 8.75. The van der Waals surface area contributed by atoms with Gasteiger partial charge in [-0.25, -0.2) is 9.97 Å². The van der Waals surface area contributed by atoms with Crippen LogP contribution in [-0.4, -0.2) is 33.4 Å². The van der Waals surface area contributed by atoms with Crippen LogP contribution >= 0.6 is 11.6 Å². The topological polar surface area (TPSA) is 75.7 Å². The van der Waals surface area contributed by atoms with E-state index in [4.69, 9.17) is 16.3 Å². The van der Waals surface area contributed by atoms with E-state index < -0.39 is 0 Å². The molecule has 3 heterocycles. The third-order valence-electron chi connectivity index (χ3n) is 3.47. The Morgan fingerprint density at radius 1 is 1.24 bits per heavy atom. The molecule has 6 nitrogen and oxygen atoms in total. The Morgan fingerprint density at radius 2 is 2.10 bits per heavy atom. The first-order valence-electron chi connectivity index (χ1n) is 6.61. The van der Waals surface area contributed by atoms with Crippen molar-refractivity contribution in [2.45, 2.75) is 5.92 Å². The van der Waals surface area contributed by atoms with Crippen LogP contribution in [0.3, 0.4) is 0 Å². The van der Waals surface area contributed by atoms with E-state index in [0.717, 1.165) is 16.7 Å². The summed E-state index contributed by atoms with van der Waals surface area (Å²) in [6.07, 6.45) is 1.61. The van der Waals surface area contributed by atoms with E-state index in [-0.39, 0.29) is 5.92 Å². The molecule has 1 aliphatic rings. The Hall–Kier alpha value is -2.18. The van der Waals surface area contributed by atoms with Gasteiger partial charge in [-0.1, -0.05) is 23.7 Å². The molecule has 0 aliphatic carbocycles. The van der Waals surface area contributed by atoms with Gasteiger partial charge in [0.25, 0.3) is 0 Å². The second kappa shape index (κ2) is 4.98. The number of nitrogens with zero attached hydrogens (tertiary/aromatic N) is 3. The maximum absolute atomic E-state index is 6.17. The summed E-state index contributed by atoms with van der Waals surface area (Å²) in [5.41, 5.74) is 0.956. The zero-order valence-corrected chi connectivity index (χ0v) is 11.8. The third kappa shape index (κ3) is 2.22. The normalized spacial score (nSPS) is 15.1. The smallest absolute Gasteiger partial charge is 0.161 e. The molecule has 0 radical (unpaired) electrons. The zero-order valence-electron chi connectivity index (χ0n) is 11.0. The van der Waals surface area contributed by atoms with E-state index in [9.17, 15) is 0 Å². The van der Waals surface area contributed by atoms with Crippen molar-refractivity contribution in [1.82, 2.24) is 20.2 Å². The van der Waals surface area contributed by atoms with Gasteiger partial charge in [-0.05, 0) is 12.1 Å². The molecule has 1 saturated heterocycles. The van der Waals surface area contributed by atoms with Crippen LogP contribution in [0, 0.1) is 0 Å². The summed E-state index contributed by atoms with van der Waals surface area (Å²) in [6, 6.07) is 7.86. The van der Waals surface area contributed by atoms with Crippen molar-refractivity contribution in [1.29, 1.82) is 0 Å². The average Bonchev–Trinajstić information content (AvgIpc) is 2.84. The van der Waals surface area contributed by atoms with Crippen LogP contribution in [0.15, 0.2) is 30.5 Å². The molecular weight excluding hydrogens is 290 g/mol. The molecule has 0 atom stereocenters. The number of halogens is 1. The summed E-state index contributed by atoms with van der Waals surface area (Å²) >= 11 is 6.17. The van der Waals surface area contributed by atoms with E-state index in [1.54, 1.807) is 6.20 Å². The molecule has 1 aliphatic heterocycles. The van der Waals surface area contributed by atoms with E-state index in [0.29, 0.717) is 29.9 Å². The number of fused-ring (bicyclic) bond motifs is 1. The fourth-order valence-corrected chi connectivity index (χ4v) is 2.36. The van der Waals surface area contributed by atoms with Crippen LogP contribution in [0.2, 0.25) is 5.02 Å². The lowest BCUT2D eigenvalue weighted by atomic mass is 10.1. The molecule has 0 unspecified atom stereocenters. The van der Waals surface area contributed by atoms with Gasteiger partial charge in [0.2, 0.25) is 0 Å². The molecule has 2 N–H and O–H groups in total. The van der Waals surface area contributed by atoms with E-state index in [1.807, 2.05) is 24.3 Å². The summed E-state index contributed by atoms with van der Waals surface area (Å²) in [5.74, 6) is 2.25. The van der Waals surface area contributed by atoms with Gasteiger partial charge in [0.05, 0.1) is 30.8 Å². The predicted molar refractivity (Wildman–Crippen MR) is 80.0 cm³/mol. The lowest BCUT2D eigenvalue weighted by molar-refractivity contribution is 0.00491. The Balaban J connectivity index is 1.69. The Morgan fingerprint density at radius 3 is 2.90 bits per heavy atom. The fraction of sp³-hybridized carbons (Fsp3) is 0.214. The van der Waals surface area contributed by atoms with Crippen LogP contribution in [0.5, 0.6) is 0 Å². The molecule has 1 aromatic carbocycles. The maximum Gasteiger partial charge on any atom is 0.161 e. The van der Waals surface area contributed by atoms with E-state index in [1.165, 1.54) is 0 Å². The molecule has 3 aromatic rings. The molecule has 106 valence electrons. The van der Waals surface area contributed by atoms with Crippen molar-refractivity contribution in [2.75, 3.05) is 18.5 Å². The van der Waals surface area contributed by atoms with Crippen LogP contribution < -0.4 is 5.32 Å². The van der Waals surface area contributed by atoms with Crippen molar-refractivity contribution in [2.24, 2.45) is 0 Å². The van der Waals surface area contributed by atoms with Gasteiger partial charge in [-0.3, -0.25) is 5.10 Å². The zero-order chi connectivity index (χ0) is 14.2. The Labute approximate surface area is 125 Å². The molecule has 1 fully saturated rings. The van der Waals surface area contributed by atoms with Gasteiger partial charge in [-0.2, -0.15) is 5.10 Å². The van der Waals surface area contributed by atoms with E-state index in [2.05, 4.69) is 25.5 Å². The van der Waals surface area contributed by atoms with Gasteiger partial charge in [0.1, 0.15) is 10.8 Å². The molecule has 21 heavy (non-hydrogen) atoms. The molecule has 0 bridgehead atoms. The highest BCUT2D eigenvalue weighted by atomic mass is 35.5. The van der Waals surface area contributed by atoms with Crippen molar-refractivity contribution < 1.29 is 4.74 Å². The lowest BCUT2D eigenvalue weighted by Gasteiger charge is -2.24. The summed E-state index contributed by atoms with van der Waals surface area (Å²) in [5, 5.41) is 11.9. The SMILES string of the molecule is Clc1cnc(C2COC2)nc1Nc1n[nH]c2ccccc12. The molecule has 0 spiro atoms. The van der Waals surface area contributed by atoms with Crippen molar-refractivity contribution in [3.8, 4) is 0 Å². The first-order valence-corrected chi connectivity index (χ1v) is 6.99. The molecule has 0 amide bonds. The van der Waals surface area contributed by atoms with Crippen molar-refractivity contribution in [3.63, 3.8) is 0 Å². The second-order valence-corrected chi connectivity index (χ2v) is 5.31. The minimum atomic E-state index is 0.249. The largest absolute Gasteiger partial charge is 0.380 e. The summed E-state index contributed by atoms with van der Waals surface area (Å²) in [6.45, 7) is 1.32. The van der Waals surface area contributed by atoms with Crippen molar-refractivity contribution in [3.05, 3.63) is 41.3 Å². The van der Waals surface area contributed by atoms with Crippen LogP contribution in [0.1, 0.15) is 11.7 Å². The highest BCUT2D eigenvalue weighted by Gasteiger charge is 2.24. The van der Waals surface area contributed by atoms with Gasteiger partial charge in [0, 0.05) is 5.39 Å². The maximum atomic E-state index is 6.17. The standard InChI is InChI=1S/C14H12ClN5O/c15-10-5-16-12(8-6-21-7-8)17-14(10)18-13-9-3-1-2-4-11(9)19-20-13/h1-5,8H,6-7H2,(H2,16,17,18,19,20). The number of nitrogens with one attached hydrogen (secondary N) is 2. The summed E-state index contributed by atoms with van der Waals surface area (Å²) in [7, 11) is 0. The Kier molecular flexibility index (Phi) is 2.98. The molecule has 0 saturated carbocycles. The first kappa shape index (κ1) is 12.6. The quantitative estimate of drug-likeness (QED) is 0.778. The second-order valence-electron chi connectivity index (χ2n) is 4.90. The number of hydrogen-bond donors (Lipinski definition) is 2. The third-order valence-corrected chi connectivity index (χ3v) is 3.75. The van der Waals surface area contributed by atoms with E-state index >= 15 is 0 Å². The number of benzene rings is 1. The monoisotopic (exact) mass is 301 g/mol. The van der Waals surface area contributed by atoms with Gasteiger partial charge >= 0.3 is 0 Å². The van der Waals surface area contributed by atoms with Gasteiger partial charge < -0.3 is 10.1 Å². The average molecular weight is 302 g/mol. The number of ether oxygens (including phenoxy) is 1. The van der Waals surface area contributed by atoms with Crippen LogP contribution in [-0.2, 0) is 4.74 Å². The fourth-order valence-electron chi connectivity index (χ4n) is 2.22. The van der Waals surface area contributed by atoms with Crippen LogP contribution in [0.25, 0.3) is 10.9 Å². The first-order chi connectivity index (χ1) is 10.3. The molecule has 4 rings (SSSR count). The number of rotatable bonds is 3. The number of H-pyrrole nitrogens is 1. The molecule has 7 heteroatoms. The molecule has 2 aromatic heterocycles. The highest BCUT2D eigenvalue weighted by Crippen LogP contribution is 2.29. The number of aromatic amines is 1. The Bertz CT molecular complexity index is 799. The molecular formula is C14H12ClN5O. The summed E-state index contributed by atoms with van der Waals surface area (Å²) < 4.78 is 5.17. The lowest BCUT2D eigenvalue weighted by Crippen LogP contribution is -2.27. The van der Waals surface area contributed by atoms with Gasteiger partial charge in [0.15, 0.2) is 11.6 Å². The van der Waals surface area contributed by atoms with Gasteiger partial charge in [-0.15, -0.1) is 0 Å². The highest BCUT2D eigenvalue weighted by molar-refractivity contribution is 6.32. The number of hydrogen-bond acceptors (Lipinski definition) is 5.